The molecule has 19 heavy (non-hydrogen) atoms. The molecule has 0 N–H and O–H groups in total. The molecule has 0 atom stereocenters. The van der Waals surface area contributed by atoms with Crippen molar-refractivity contribution in [2.75, 3.05) is 0 Å². The zero-order chi connectivity index (χ0) is 12.5. The number of thiazole rings is 1. The van der Waals surface area contributed by atoms with Crippen molar-refractivity contribution < 1.29 is 25.9 Å². The number of benzene rings is 2. The minimum Gasteiger partial charge on any atom is -1.00 e. The van der Waals surface area contributed by atoms with Crippen molar-refractivity contribution in [1.29, 1.82) is 0 Å². The highest BCUT2D eigenvalue weighted by Crippen LogP contribution is 2.21. The van der Waals surface area contributed by atoms with Gasteiger partial charge in [0.05, 0.1) is 0 Å². The predicted molar refractivity (Wildman–Crippen MR) is 72.5 cm³/mol. The third kappa shape index (κ3) is 3.14. The van der Waals surface area contributed by atoms with Gasteiger partial charge in [-0.1, -0.05) is 22.9 Å². The first-order chi connectivity index (χ1) is 8.72. The summed E-state index contributed by atoms with van der Waals surface area (Å²) in [5, 5.41) is 0.748. The fraction of sp³-hybridized carbons (Fsp3) is 0.0714. The minimum absolute atomic E-state index is 0. The van der Waals surface area contributed by atoms with E-state index in [0.717, 1.165) is 27.3 Å². The highest BCUT2D eigenvalue weighted by Gasteiger charge is 2.12. The molecule has 0 saturated carbocycles. The van der Waals surface area contributed by atoms with Gasteiger partial charge < -0.3 is 17.0 Å². The van der Waals surface area contributed by atoms with Crippen molar-refractivity contribution >= 4 is 33.2 Å². The Morgan fingerprint density at radius 3 is 2.58 bits per heavy atom. The summed E-state index contributed by atoms with van der Waals surface area (Å²) in [7, 11) is 0. The summed E-state index contributed by atoms with van der Waals surface area (Å²) in [4.78, 5) is 0. The van der Waals surface area contributed by atoms with Crippen molar-refractivity contribution in [3.05, 3.63) is 64.4 Å². The average molecular weight is 359 g/mol. The molecule has 3 aromatic rings. The van der Waals surface area contributed by atoms with E-state index in [9.17, 15) is 4.39 Å². The monoisotopic (exact) mass is 357 g/mol. The van der Waals surface area contributed by atoms with Gasteiger partial charge in [-0.25, -0.2) is 4.39 Å². The molecular formula is C14H10BrClFNS. The highest BCUT2D eigenvalue weighted by molar-refractivity contribution is 7.16. The Morgan fingerprint density at radius 2 is 1.84 bits per heavy atom. The van der Waals surface area contributed by atoms with Crippen molar-refractivity contribution in [1.82, 2.24) is 0 Å². The molecule has 1 heterocycles. The molecular weight excluding hydrogens is 349 g/mol. The van der Waals surface area contributed by atoms with Gasteiger partial charge in [-0.2, -0.15) is 4.57 Å². The molecule has 1 nitrogen and oxygen atoms in total. The molecule has 0 unspecified atom stereocenters. The van der Waals surface area contributed by atoms with E-state index < -0.39 is 0 Å². The van der Waals surface area contributed by atoms with Crippen LogP contribution in [0.3, 0.4) is 0 Å². The van der Waals surface area contributed by atoms with Crippen LogP contribution in [0.1, 0.15) is 5.56 Å². The Bertz CT molecular complexity index is 696. The molecule has 2 aromatic carbocycles. The topological polar surface area (TPSA) is 3.88 Å². The molecule has 0 spiro atoms. The lowest BCUT2D eigenvalue weighted by molar-refractivity contribution is -0.658. The summed E-state index contributed by atoms with van der Waals surface area (Å²) >= 11 is 7.62. The third-order valence-electron chi connectivity index (χ3n) is 2.80. The number of hydrogen-bond donors (Lipinski definition) is 0. The molecule has 0 aliphatic rings. The van der Waals surface area contributed by atoms with E-state index in [-0.39, 0.29) is 22.8 Å². The number of nitrogens with zero attached hydrogens (tertiary/aromatic N) is 1. The Hall–Kier alpha value is -0.970. The third-order valence-corrected chi connectivity index (χ3v) is 3.98. The number of fused-ring (bicyclic) bond motifs is 1. The first-order valence-electron chi connectivity index (χ1n) is 5.53. The predicted octanol–water partition coefficient (Wildman–Crippen LogP) is 1.03. The van der Waals surface area contributed by atoms with Gasteiger partial charge in [-0.15, -0.1) is 0 Å². The quantitative estimate of drug-likeness (QED) is 0.603. The van der Waals surface area contributed by atoms with E-state index in [2.05, 4.69) is 10.1 Å². The first kappa shape index (κ1) is 14.4. The van der Waals surface area contributed by atoms with Crippen LogP contribution < -0.4 is 21.5 Å². The molecule has 0 radical (unpaired) electrons. The van der Waals surface area contributed by atoms with Crippen LogP contribution in [0.15, 0.2) is 48.0 Å². The molecule has 0 aliphatic carbocycles. The van der Waals surface area contributed by atoms with Crippen LogP contribution >= 0.6 is 22.9 Å². The fourth-order valence-corrected chi connectivity index (χ4v) is 3.07. The Balaban J connectivity index is 0.00000133. The van der Waals surface area contributed by atoms with E-state index in [1.807, 2.05) is 30.3 Å². The van der Waals surface area contributed by atoms with Gasteiger partial charge in [0.15, 0.2) is 6.54 Å². The van der Waals surface area contributed by atoms with Gasteiger partial charge in [0, 0.05) is 16.7 Å². The zero-order valence-corrected chi connectivity index (χ0v) is 13.0. The average Bonchev–Trinajstić information content (AvgIpc) is 2.74. The Morgan fingerprint density at radius 1 is 1.11 bits per heavy atom. The fourth-order valence-electron chi connectivity index (χ4n) is 1.91. The summed E-state index contributed by atoms with van der Waals surface area (Å²) < 4.78 is 16.1. The molecule has 0 fully saturated rings. The van der Waals surface area contributed by atoms with Crippen molar-refractivity contribution in [3.63, 3.8) is 0 Å². The van der Waals surface area contributed by atoms with Crippen LogP contribution in [-0.4, -0.2) is 0 Å². The Labute approximate surface area is 130 Å². The summed E-state index contributed by atoms with van der Waals surface area (Å²) in [5.41, 5.74) is 4.29. The second-order valence-corrected chi connectivity index (χ2v) is 5.41. The van der Waals surface area contributed by atoms with E-state index in [1.54, 1.807) is 11.3 Å². The highest BCUT2D eigenvalue weighted by atomic mass is 79.9. The maximum absolute atomic E-state index is 12.8. The maximum Gasteiger partial charge on any atom is 0.226 e. The summed E-state index contributed by atoms with van der Waals surface area (Å²) in [6.07, 6.45) is 0. The minimum atomic E-state index is -0.203. The van der Waals surface area contributed by atoms with Crippen LogP contribution in [0, 0.1) is 5.82 Å². The van der Waals surface area contributed by atoms with Gasteiger partial charge in [0.1, 0.15) is 10.5 Å². The van der Waals surface area contributed by atoms with Crippen LogP contribution in [0.5, 0.6) is 0 Å². The van der Waals surface area contributed by atoms with E-state index in [1.165, 1.54) is 12.1 Å². The molecule has 1 aromatic heterocycles. The largest absolute Gasteiger partial charge is 1.00 e. The molecule has 98 valence electrons. The molecule has 3 rings (SSSR count). The summed E-state index contributed by atoms with van der Waals surface area (Å²) in [6.45, 7) is 0.738. The smallest absolute Gasteiger partial charge is 0.226 e. The van der Waals surface area contributed by atoms with Crippen molar-refractivity contribution in [2.45, 2.75) is 6.54 Å². The number of aromatic nitrogens is 1. The molecule has 0 aliphatic heterocycles. The normalized spacial score (nSPS) is 10.4. The standard InChI is InChI=1S/C14H10ClFNS.BrH/c15-11-3-6-13-14(7-11)18-9-17(13)8-10-1-4-12(16)5-2-10;/h1-7,9H,8H2;1H/q+1;/p-1. The SMILES string of the molecule is Fc1ccc(C[n+]2csc3cc(Cl)ccc32)cc1.[Br-]. The van der Waals surface area contributed by atoms with Crippen LogP contribution in [0.4, 0.5) is 4.39 Å². The molecule has 0 amide bonds. The lowest BCUT2D eigenvalue weighted by atomic mass is 10.2. The first-order valence-corrected chi connectivity index (χ1v) is 6.79. The van der Waals surface area contributed by atoms with Gasteiger partial charge in [0.2, 0.25) is 11.0 Å². The lowest BCUT2D eigenvalue weighted by Crippen LogP contribution is -3.00. The van der Waals surface area contributed by atoms with Crippen molar-refractivity contribution in [3.8, 4) is 0 Å². The van der Waals surface area contributed by atoms with E-state index in [0.29, 0.717) is 0 Å². The Kier molecular flexibility index (Phi) is 4.55. The number of hydrogen-bond acceptors (Lipinski definition) is 1. The van der Waals surface area contributed by atoms with Crippen LogP contribution in [0.25, 0.3) is 10.2 Å². The van der Waals surface area contributed by atoms with Gasteiger partial charge in [-0.3, -0.25) is 0 Å². The van der Waals surface area contributed by atoms with Gasteiger partial charge in [0.25, 0.3) is 0 Å². The second kappa shape index (κ2) is 5.99. The molecule has 0 bridgehead atoms. The summed E-state index contributed by atoms with van der Waals surface area (Å²) in [6, 6.07) is 12.4. The molecule has 0 saturated heterocycles. The van der Waals surface area contributed by atoms with Gasteiger partial charge >= 0.3 is 0 Å². The zero-order valence-electron chi connectivity index (χ0n) is 9.82. The van der Waals surface area contributed by atoms with Crippen LogP contribution in [0.2, 0.25) is 5.02 Å². The van der Waals surface area contributed by atoms with Crippen LogP contribution in [-0.2, 0) is 6.54 Å². The summed E-state index contributed by atoms with van der Waals surface area (Å²) in [5.74, 6) is -0.203. The second-order valence-electron chi connectivity index (χ2n) is 4.09. The van der Waals surface area contributed by atoms with E-state index in [4.69, 9.17) is 11.6 Å². The molecule has 5 heteroatoms. The van der Waals surface area contributed by atoms with E-state index >= 15 is 0 Å². The lowest BCUT2D eigenvalue weighted by Gasteiger charge is -1.96. The van der Waals surface area contributed by atoms with Crippen molar-refractivity contribution in [2.24, 2.45) is 0 Å². The maximum atomic E-state index is 12.8. The van der Waals surface area contributed by atoms with Gasteiger partial charge in [-0.05, 0) is 36.4 Å². The number of rotatable bonds is 2. The number of halogens is 3.